The van der Waals surface area contributed by atoms with Crippen LogP contribution in [0.25, 0.3) is 0 Å². The van der Waals surface area contributed by atoms with Gasteiger partial charge in [0.1, 0.15) is 6.61 Å². The standard InChI is InChI=1S/C19H22N2O4/c1-21(18(22)13-25-12-15-5-3-2-4-6-15)17-11-14(9-10-20)7-8-16(17)19(23)24/h2-8,11H,9-10,12-13,20H2,1H3,(H,23,24). The smallest absolute Gasteiger partial charge is 0.337 e. The molecule has 0 saturated heterocycles. The van der Waals surface area contributed by atoms with Crippen molar-refractivity contribution in [3.05, 3.63) is 65.2 Å². The number of nitrogens with two attached hydrogens (primary N) is 1. The van der Waals surface area contributed by atoms with E-state index in [4.69, 9.17) is 10.5 Å². The highest BCUT2D eigenvalue weighted by Gasteiger charge is 2.19. The fourth-order valence-corrected chi connectivity index (χ4v) is 2.42. The monoisotopic (exact) mass is 342 g/mol. The minimum Gasteiger partial charge on any atom is -0.478 e. The Bertz CT molecular complexity index is 731. The number of benzene rings is 2. The number of rotatable bonds is 8. The number of carbonyl (C=O) groups is 2. The van der Waals surface area contributed by atoms with Crippen molar-refractivity contribution in [3.8, 4) is 0 Å². The molecular weight excluding hydrogens is 320 g/mol. The topological polar surface area (TPSA) is 92.9 Å². The average Bonchev–Trinajstić information content (AvgIpc) is 2.62. The quantitative estimate of drug-likeness (QED) is 0.766. The molecule has 0 bridgehead atoms. The van der Waals surface area contributed by atoms with Gasteiger partial charge in [-0.3, -0.25) is 4.79 Å². The Kier molecular flexibility index (Phi) is 6.68. The number of amides is 1. The minimum absolute atomic E-state index is 0.0691. The second kappa shape index (κ2) is 8.96. The summed E-state index contributed by atoms with van der Waals surface area (Å²) in [5, 5.41) is 9.35. The number of carboxylic acid groups (broad SMARTS) is 1. The van der Waals surface area contributed by atoms with Crippen molar-refractivity contribution in [2.75, 3.05) is 25.1 Å². The van der Waals surface area contributed by atoms with Crippen LogP contribution in [-0.4, -0.2) is 37.2 Å². The summed E-state index contributed by atoms with van der Waals surface area (Å²) in [4.78, 5) is 25.1. The van der Waals surface area contributed by atoms with Gasteiger partial charge in [-0.15, -0.1) is 0 Å². The lowest BCUT2D eigenvalue weighted by Gasteiger charge is -2.20. The van der Waals surface area contributed by atoms with Crippen molar-refractivity contribution >= 4 is 17.6 Å². The first kappa shape index (κ1) is 18.6. The Morgan fingerprint density at radius 1 is 1.12 bits per heavy atom. The highest BCUT2D eigenvalue weighted by molar-refractivity contribution is 6.02. The van der Waals surface area contributed by atoms with Gasteiger partial charge in [0.05, 0.1) is 17.9 Å². The normalized spacial score (nSPS) is 10.5. The minimum atomic E-state index is -1.08. The summed E-state index contributed by atoms with van der Waals surface area (Å²) in [6, 6.07) is 14.4. The number of ether oxygens (including phenoxy) is 1. The van der Waals surface area contributed by atoms with Crippen molar-refractivity contribution in [1.29, 1.82) is 0 Å². The van der Waals surface area contributed by atoms with E-state index in [2.05, 4.69) is 0 Å². The van der Waals surface area contributed by atoms with E-state index in [0.29, 0.717) is 25.3 Å². The van der Waals surface area contributed by atoms with Gasteiger partial charge in [-0.2, -0.15) is 0 Å². The zero-order chi connectivity index (χ0) is 18.2. The highest BCUT2D eigenvalue weighted by atomic mass is 16.5. The molecule has 1 amide bonds. The van der Waals surface area contributed by atoms with E-state index in [9.17, 15) is 14.7 Å². The lowest BCUT2D eigenvalue weighted by molar-refractivity contribution is -0.123. The molecule has 0 saturated carbocycles. The van der Waals surface area contributed by atoms with Crippen LogP contribution in [0.4, 0.5) is 5.69 Å². The zero-order valence-electron chi connectivity index (χ0n) is 14.1. The molecule has 0 fully saturated rings. The number of hydrogen-bond acceptors (Lipinski definition) is 4. The highest BCUT2D eigenvalue weighted by Crippen LogP contribution is 2.22. The summed E-state index contributed by atoms with van der Waals surface area (Å²) in [6.45, 7) is 0.634. The maximum Gasteiger partial charge on any atom is 0.337 e. The van der Waals surface area contributed by atoms with Crippen molar-refractivity contribution < 1.29 is 19.4 Å². The summed E-state index contributed by atoms with van der Waals surface area (Å²) in [7, 11) is 1.54. The second-order valence-electron chi connectivity index (χ2n) is 5.63. The summed E-state index contributed by atoms with van der Waals surface area (Å²) >= 11 is 0. The average molecular weight is 342 g/mol. The Morgan fingerprint density at radius 2 is 1.84 bits per heavy atom. The summed E-state index contributed by atoms with van der Waals surface area (Å²) in [6.07, 6.45) is 0.611. The first-order chi connectivity index (χ1) is 12.0. The third kappa shape index (κ3) is 5.14. The second-order valence-corrected chi connectivity index (χ2v) is 5.63. The molecule has 2 aromatic rings. The molecule has 0 aliphatic carbocycles. The van der Waals surface area contributed by atoms with Crippen molar-refractivity contribution in [3.63, 3.8) is 0 Å². The van der Waals surface area contributed by atoms with Gasteiger partial charge in [-0.1, -0.05) is 36.4 Å². The molecule has 0 spiro atoms. The molecule has 0 aliphatic rings. The molecule has 0 aromatic heterocycles. The van der Waals surface area contributed by atoms with Crippen LogP contribution in [0.5, 0.6) is 0 Å². The number of hydrogen-bond donors (Lipinski definition) is 2. The molecule has 2 rings (SSSR count). The Labute approximate surface area is 146 Å². The van der Waals surface area contributed by atoms with Gasteiger partial charge in [-0.05, 0) is 36.2 Å². The maximum atomic E-state index is 12.4. The van der Waals surface area contributed by atoms with E-state index in [1.165, 1.54) is 11.0 Å². The molecule has 0 unspecified atom stereocenters. The SMILES string of the molecule is CN(C(=O)COCc1ccccc1)c1cc(CCN)ccc1C(=O)O. The lowest BCUT2D eigenvalue weighted by atomic mass is 10.1. The predicted molar refractivity (Wildman–Crippen MR) is 95.7 cm³/mol. The van der Waals surface area contributed by atoms with Gasteiger partial charge in [-0.25, -0.2) is 4.79 Å². The molecule has 2 aromatic carbocycles. The van der Waals surface area contributed by atoms with Crippen LogP contribution >= 0.6 is 0 Å². The molecular formula is C19H22N2O4. The van der Waals surface area contributed by atoms with Crippen molar-refractivity contribution in [2.45, 2.75) is 13.0 Å². The van der Waals surface area contributed by atoms with Crippen LogP contribution in [0.1, 0.15) is 21.5 Å². The number of likely N-dealkylation sites (N-methyl/N-ethyl adjacent to an activating group) is 1. The van der Waals surface area contributed by atoms with Gasteiger partial charge >= 0.3 is 5.97 Å². The number of anilines is 1. The van der Waals surface area contributed by atoms with Crippen molar-refractivity contribution in [2.24, 2.45) is 5.73 Å². The molecule has 132 valence electrons. The number of carbonyl (C=O) groups excluding carboxylic acids is 1. The third-order valence-corrected chi connectivity index (χ3v) is 3.80. The van der Waals surface area contributed by atoms with Gasteiger partial charge in [0.15, 0.2) is 0 Å². The number of carboxylic acids is 1. The van der Waals surface area contributed by atoms with E-state index in [-0.39, 0.29) is 18.1 Å². The number of aromatic carboxylic acids is 1. The van der Waals surface area contributed by atoms with Crippen molar-refractivity contribution in [1.82, 2.24) is 0 Å². The number of nitrogens with zero attached hydrogens (tertiary/aromatic N) is 1. The molecule has 0 radical (unpaired) electrons. The largest absolute Gasteiger partial charge is 0.478 e. The van der Waals surface area contributed by atoms with E-state index < -0.39 is 5.97 Å². The zero-order valence-corrected chi connectivity index (χ0v) is 14.1. The van der Waals surface area contributed by atoms with Gasteiger partial charge in [0, 0.05) is 7.05 Å². The van der Waals surface area contributed by atoms with E-state index >= 15 is 0 Å². The first-order valence-corrected chi connectivity index (χ1v) is 7.97. The fourth-order valence-electron chi connectivity index (χ4n) is 2.42. The van der Waals surface area contributed by atoms with Crippen LogP contribution in [-0.2, 0) is 22.6 Å². The molecule has 3 N–H and O–H groups in total. The predicted octanol–water partition coefficient (Wildman–Crippen LogP) is 2.07. The summed E-state index contributed by atoms with van der Waals surface area (Å²) in [5.74, 6) is -1.40. The molecule has 25 heavy (non-hydrogen) atoms. The molecule has 0 aliphatic heterocycles. The van der Waals surface area contributed by atoms with Crippen LogP contribution in [0.2, 0.25) is 0 Å². The molecule has 6 nitrogen and oxygen atoms in total. The Morgan fingerprint density at radius 3 is 2.48 bits per heavy atom. The molecule has 6 heteroatoms. The molecule has 0 atom stereocenters. The lowest BCUT2D eigenvalue weighted by Crippen LogP contribution is -2.31. The first-order valence-electron chi connectivity index (χ1n) is 7.97. The fraction of sp³-hybridized carbons (Fsp3) is 0.263. The van der Waals surface area contributed by atoms with Gasteiger partial charge < -0.3 is 20.5 Å². The van der Waals surface area contributed by atoms with Crippen LogP contribution in [0.15, 0.2) is 48.5 Å². The van der Waals surface area contributed by atoms with E-state index in [1.807, 2.05) is 30.3 Å². The van der Waals surface area contributed by atoms with Crippen LogP contribution in [0, 0.1) is 0 Å². The Hall–Kier alpha value is -2.70. The summed E-state index contributed by atoms with van der Waals surface area (Å²) in [5.41, 5.74) is 7.81. The van der Waals surface area contributed by atoms with E-state index in [0.717, 1.165) is 11.1 Å². The van der Waals surface area contributed by atoms with Crippen LogP contribution in [0.3, 0.4) is 0 Å². The molecule has 0 heterocycles. The van der Waals surface area contributed by atoms with Gasteiger partial charge in [0.25, 0.3) is 5.91 Å². The summed E-state index contributed by atoms with van der Waals surface area (Å²) < 4.78 is 5.44. The van der Waals surface area contributed by atoms with Gasteiger partial charge in [0.2, 0.25) is 0 Å². The maximum absolute atomic E-state index is 12.4. The Balaban J connectivity index is 2.06. The van der Waals surface area contributed by atoms with E-state index in [1.54, 1.807) is 19.2 Å². The van der Waals surface area contributed by atoms with Crippen LogP contribution < -0.4 is 10.6 Å². The third-order valence-electron chi connectivity index (χ3n) is 3.80.